The maximum Gasteiger partial charge on any atom is 0.175 e. The Labute approximate surface area is 121 Å². The highest BCUT2D eigenvalue weighted by atomic mass is 32.2. The monoisotopic (exact) mass is 292 g/mol. The number of halogens is 1. The third-order valence-electron chi connectivity index (χ3n) is 2.41. The van der Waals surface area contributed by atoms with Crippen molar-refractivity contribution in [1.82, 2.24) is 0 Å². The minimum absolute atomic E-state index is 0.294. The van der Waals surface area contributed by atoms with Gasteiger partial charge in [-0.05, 0) is 54.9 Å². The van der Waals surface area contributed by atoms with Crippen molar-refractivity contribution in [3.63, 3.8) is 0 Å². The van der Waals surface area contributed by atoms with Gasteiger partial charge in [0.25, 0.3) is 0 Å². The van der Waals surface area contributed by atoms with Gasteiger partial charge in [0.2, 0.25) is 0 Å². The number of thioether (sulfide) groups is 1. The zero-order chi connectivity index (χ0) is 13.7. The van der Waals surface area contributed by atoms with Gasteiger partial charge in [-0.25, -0.2) is 4.39 Å². The summed E-state index contributed by atoms with van der Waals surface area (Å²) in [6.45, 7) is 0. The molecule has 2 aromatic rings. The summed E-state index contributed by atoms with van der Waals surface area (Å²) in [5.74, 6) is -0.294. The van der Waals surface area contributed by atoms with Gasteiger partial charge < -0.3 is 10.6 Å². The minimum Gasteiger partial charge on any atom is -0.332 e. The molecular weight excluding hydrogens is 279 g/mol. The van der Waals surface area contributed by atoms with Gasteiger partial charge in [-0.1, -0.05) is 12.1 Å². The number of nitrogens with one attached hydrogen (secondary N) is 2. The average molecular weight is 292 g/mol. The van der Waals surface area contributed by atoms with Crippen molar-refractivity contribution in [1.29, 1.82) is 0 Å². The molecule has 0 spiro atoms. The average Bonchev–Trinajstić information content (AvgIpc) is 2.38. The van der Waals surface area contributed by atoms with Crippen LogP contribution < -0.4 is 10.6 Å². The molecule has 0 saturated heterocycles. The molecular formula is C14H13FN2S2. The summed E-state index contributed by atoms with van der Waals surface area (Å²) in [5.41, 5.74) is 1.53. The highest BCUT2D eigenvalue weighted by Crippen LogP contribution is 2.19. The molecule has 0 fully saturated rings. The van der Waals surface area contributed by atoms with E-state index in [0.29, 0.717) is 10.8 Å². The lowest BCUT2D eigenvalue weighted by Gasteiger charge is -2.11. The van der Waals surface area contributed by atoms with E-state index >= 15 is 0 Å². The molecule has 2 nitrogen and oxygen atoms in total. The summed E-state index contributed by atoms with van der Waals surface area (Å²) in [6.07, 6.45) is 2.02. The fourth-order valence-electron chi connectivity index (χ4n) is 1.56. The second-order valence-corrected chi connectivity index (χ2v) is 5.11. The molecule has 19 heavy (non-hydrogen) atoms. The van der Waals surface area contributed by atoms with Gasteiger partial charge in [0.15, 0.2) is 5.11 Å². The van der Waals surface area contributed by atoms with Gasteiger partial charge in [0, 0.05) is 16.3 Å². The van der Waals surface area contributed by atoms with Crippen molar-refractivity contribution in [2.45, 2.75) is 4.90 Å². The number of thiocarbonyl (C=S) groups is 1. The quantitative estimate of drug-likeness (QED) is 0.648. The van der Waals surface area contributed by atoms with Crippen LogP contribution in [0.25, 0.3) is 0 Å². The smallest absolute Gasteiger partial charge is 0.175 e. The molecule has 2 aromatic carbocycles. The first-order valence-corrected chi connectivity index (χ1v) is 7.28. The van der Waals surface area contributed by atoms with Gasteiger partial charge in [-0.15, -0.1) is 11.8 Å². The van der Waals surface area contributed by atoms with Crippen LogP contribution >= 0.6 is 24.0 Å². The fourth-order valence-corrected chi connectivity index (χ4v) is 2.26. The molecule has 0 heterocycles. The fraction of sp³-hybridized carbons (Fsp3) is 0.0714. The number of hydrogen-bond donors (Lipinski definition) is 2. The van der Waals surface area contributed by atoms with Crippen LogP contribution in [0.2, 0.25) is 0 Å². The zero-order valence-corrected chi connectivity index (χ0v) is 11.9. The SMILES string of the molecule is CSc1cccc(NC(=S)Nc2cccc(F)c2)c1. The molecule has 0 radical (unpaired) electrons. The Morgan fingerprint density at radius 3 is 2.32 bits per heavy atom. The number of rotatable bonds is 3. The zero-order valence-electron chi connectivity index (χ0n) is 10.3. The molecule has 0 saturated carbocycles. The third kappa shape index (κ3) is 4.22. The third-order valence-corrected chi connectivity index (χ3v) is 3.34. The second-order valence-electron chi connectivity index (χ2n) is 3.82. The number of anilines is 2. The van der Waals surface area contributed by atoms with Crippen LogP contribution in [0.3, 0.4) is 0 Å². The number of benzene rings is 2. The maximum absolute atomic E-state index is 13.0. The molecule has 0 aliphatic heterocycles. The lowest BCUT2D eigenvalue weighted by atomic mass is 10.3. The van der Waals surface area contributed by atoms with Gasteiger partial charge in [-0.2, -0.15) is 0 Å². The van der Waals surface area contributed by atoms with Crippen LogP contribution in [0.4, 0.5) is 15.8 Å². The van der Waals surface area contributed by atoms with E-state index in [4.69, 9.17) is 12.2 Å². The van der Waals surface area contributed by atoms with E-state index in [9.17, 15) is 4.39 Å². The van der Waals surface area contributed by atoms with E-state index in [0.717, 1.165) is 10.6 Å². The van der Waals surface area contributed by atoms with E-state index in [1.54, 1.807) is 23.9 Å². The Kier molecular flexibility index (Phi) is 4.76. The van der Waals surface area contributed by atoms with Crippen molar-refractivity contribution in [3.05, 3.63) is 54.3 Å². The van der Waals surface area contributed by atoms with E-state index in [1.165, 1.54) is 12.1 Å². The molecule has 0 unspecified atom stereocenters. The van der Waals surface area contributed by atoms with Crippen molar-refractivity contribution in [2.24, 2.45) is 0 Å². The van der Waals surface area contributed by atoms with E-state index in [1.807, 2.05) is 30.5 Å². The van der Waals surface area contributed by atoms with Crippen molar-refractivity contribution in [2.75, 3.05) is 16.9 Å². The molecule has 98 valence electrons. The molecule has 2 N–H and O–H groups in total. The molecule has 0 aliphatic rings. The summed E-state index contributed by atoms with van der Waals surface area (Å²) >= 11 is 6.85. The first-order chi connectivity index (χ1) is 9.17. The molecule has 2 rings (SSSR count). The van der Waals surface area contributed by atoms with Gasteiger partial charge >= 0.3 is 0 Å². The second kappa shape index (κ2) is 6.54. The van der Waals surface area contributed by atoms with Crippen LogP contribution in [-0.2, 0) is 0 Å². The predicted molar refractivity (Wildman–Crippen MR) is 84.5 cm³/mol. The first-order valence-electron chi connectivity index (χ1n) is 5.65. The Hall–Kier alpha value is -1.59. The van der Waals surface area contributed by atoms with Crippen LogP contribution in [-0.4, -0.2) is 11.4 Å². The predicted octanol–water partition coefficient (Wildman–Crippen LogP) is 4.36. The molecule has 0 aliphatic carbocycles. The summed E-state index contributed by atoms with van der Waals surface area (Å²) in [7, 11) is 0. The Bertz CT molecular complexity index is 587. The normalized spacial score (nSPS) is 10.0. The van der Waals surface area contributed by atoms with Gasteiger partial charge in [0.1, 0.15) is 5.82 Å². The van der Waals surface area contributed by atoms with E-state index in [-0.39, 0.29) is 5.82 Å². The Balaban J connectivity index is 2.01. The lowest BCUT2D eigenvalue weighted by molar-refractivity contribution is 0.628. The number of hydrogen-bond acceptors (Lipinski definition) is 2. The highest BCUT2D eigenvalue weighted by Gasteiger charge is 2.00. The maximum atomic E-state index is 13.0. The Morgan fingerprint density at radius 1 is 1.05 bits per heavy atom. The summed E-state index contributed by atoms with van der Waals surface area (Å²) in [5, 5.41) is 6.45. The van der Waals surface area contributed by atoms with E-state index in [2.05, 4.69) is 10.6 Å². The molecule has 0 aromatic heterocycles. The van der Waals surface area contributed by atoms with Gasteiger partial charge in [0.05, 0.1) is 0 Å². The molecule has 0 amide bonds. The van der Waals surface area contributed by atoms with Crippen molar-refractivity contribution < 1.29 is 4.39 Å². The lowest BCUT2D eigenvalue weighted by Crippen LogP contribution is -2.19. The summed E-state index contributed by atoms with van der Waals surface area (Å²) in [4.78, 5) is 1.15. The van der Waals surface area contributed by atoms with Crippen molar-refractivity contribution >= 4 is 40.5 Å². The highest BCUT2D eigenvalue weighted by molar-refractivity contribution is 7.98. The van der Waals surface area contributed by atoms with Crippen LogP contribution in [0.1, 0.15) is 0 Å². The summed E-state index contributed by atoms with van der Waals surface area (Å²) in [6, 6.07) is 14.1. The van der Waals surface area contributed by atoms with Crippen LogP contribution in [0.15, 0.2) is 53.4 Å². The molecule has 0 atom stereocenters. The molecule has 5 heteroatoms. The minimum atomic E-state index is -0.294. The van der Waals surface area contributed by atoms with Crippen molar-refractivity contribution in [3.8, 4) is 0 Å². The summed E-state index contributed by atoms with van der Waals surface area (Å²) < 4.78 is 13.0. The Morgan fingerprint density at radius 2 is 1.68 bits per heavy atom. The van der Waals surface area contributed by atoms with Crippen LogP contribution in [0, 0.1) is 5.82 Å². The van der Waals surface area contributed by atoms with Gasteiger partial charge in [-0.3, -0.25) is 0 Å². The first kappa shape index (κ1) is 13.8. The van der Waals surface area contributed by atoms with Crippen LogP contribution in [0.5, 0.6) is 0 Å². The topological polar surface area (TPSA) is 24.1 Å². The largest absolute Gasteiger partial charge is 0.332 e. The standard InChI is InChI=1S/C14H13FN2S2/c1-19-13-7-3-6-12(9-13)17-14(18)16-11-5-2-4-10(15)8-11/h2-9H,1H3,(H2,16,17,18). The molecule has 0 bridgehead atoms. The van der Waals surface area contributed by atoms with E-state index < -0.39 is 0 Å².